The number of sulfonamides is 1. The Kier molecular flexibility index (Phi) is 5.85. The van der Waals surface area contributed by atoms with Gasteiger partial charge in [0.25, 0.3) is 0 Å². The summed E-state index contributed by atoms with van der Waals surface area (Å²) in [5.41, 5.74) is 1.55. The average Bonchev–Trinajstić information content (AvgIpc) is 3.14. The van der Waals surface area contributed by atoms with E-state index in [1.54, 1.807) is 30.3 Å². The van der Waals surface area contributed by atoms with Crippen LogP contribution in [0, 0.1) is 0 Å². The lowest BCUT2D eigenvalue weighted by Gasteiger charge is -2.25. The summed E-state index contributed by atoms with van der Waals surface area (Å²) in [5.74, 6) is -0.322. The molecule has 0 bridgehead atoms. The van der Waals surface area contributed by atoms with Gasteiger partial charge in [-0.05, 0) is 69.5 Å². The maximum Gasteiger partial charge on any atom is 0.338 e. The van der Waals surface area contributed by atoms with Crippen molar-refractivity contribution in [1.82, 2.24) is 0 Å². The van der Waals surface area contributed by atoms with Crippen LogP contribution >= 0.6 is 0 Å². The Bertz CT molecular complexity index is 1020. The fraction of sp³-hybridized carbons (Fsp3) is 0.348. The van der Waals surface area contributed by atoms with Crippen molar-refractivity contribution in [1.29, 1.82) is 0 Å². The number of hydrogen-bond acceptors (Lipinski definition) is 4. The summed E-state index contributed by atoms with van der Waals surface area (Å²) in [4.78, 5) is 12.8. The number of esters is 1. The molecule has 0 spiro atoms. The molecule has 0 aliphatic heterocycles. The van der Waals surface area contributed by atoms with Crippen LogP contribution in [-0.4, -0.2) is 26.2 Å². The van der Waals surface area contributed by atoms with Crippen molar-refractivity contribution in [3.8, 4) is 0 Å². The maximum atomic E-state index is 12.8. The normalized spacial score (nSPS) is 16.6. The van der Waals surface area contributed by atoms with E-state index in [0.29, 0.717) is 16.9 Å². The van der Waals surface area contributed by atoms with Gasteiger partial charge in [-0.15, -0.1) is 0 Å². The van der Waals surface area contributed by atoms with Crippen LogP contribution in [0.5, 0.6) is 0 Å². The summed E-state index contributed by atoms with van der Waals surface area (Å²) in [6.45, 7) is 5.42. The topological polar surface area (TPSA) is 63.7 Å². The molecule has 29 heavy (non-hydrogen) atoms. The molecule has 0 radical (unpaired) electrons. The zero-order valence-electron chi connectivity index (χ0n) is 17.3. The SMILES string of the molecule is CC(C)(C)OC(=O)c1cc(C2C=CCC2)cc(N(c2ccccc2)S(C)(=O)=O)c1. The van der Waals surface area contributed by atoms with E-state index in [1.807, 2.05) is 39.0 Å². The molecule has 2 aromatic carbocycles. The monoisotopic (exact) mass is 413 g/mol. The molecule has 3 rings (SSSR count). The minimum atomic E-state index is -3.63. The van der Waals surface area contributed by atoms with Crippen molar-refractivity contribution >= 4 is 27.4 Å². The molecule has 0 N–H and O–H groups in total. The van der Waals surface area contributed by atoms with Crippen molar-refractivity contribution < 1.29 is 17.9 Å². The van der Waals surface area contributed by atoms with E-state index in [9.17, 15) is 13.2 Å². The van der Waals surface area contributed by atoms with Crippen LogP contribution < -0.4 is 4.31 Å². The number of hydrogen-bond donors (Lipinski definition) is 0. The third kappa shape index (κ3) is 5.26. The summed E-state index contributed by atoms with van der Waals surface area (Å²) in [7, 11) is -3.63. The first kappa shape index (κ1) is 21.1. The van der Waals surface area contributed by atoms with E-state index in [1.165, 1.54) is 4.31 Å². The number of carbonyl (C=O) groups excluding carboxylic acids is 1. The Hall–Kier alpha value is -2.60. The van der Waals surface area contributed by atoms with Crippen LogP contribution in [0.3, 0.4) is 0 Å². The van der Waals surface area contributed by atoms with Crippen molar-refractivity contribution in [2.75, 3.05) is 10.6 Å². The van der Waals surface area contributed by atoms with Gasteiger partial charge in [0.1, 0.15) is 5.60 Å². The van der Waals surface area contributed by atoms with Gasteiger partial charge < -0.3 is 4.74 Å². The van der Waals surface area contributed by atoms with E-state index < -0.39 is 21.6 Å². The smallest absolute Gasteiger partial charge is 0.338 e. The summed E-state index contributed by atoms with van der Waals surface area (Å²) >= 11 is 0. The fourth-order valence-corrected chi connectivity index (χ4v) is 4.42. The Morgan fingerprint density at radius 3 is 2.31 bits per heavy atom. The molecule has 5 nitrogen and oxygen atoms in total. The van der Waals surface area contributed by atoms with Crippen LogP contribution in [0.4, 0.5) is 11.4 Å². The number of allylic oxidation sites excluding steroid dienone is 2. The zero-order chi connectivity index (χ0) is 21.2. The molecular weight excluding hydrogens is 386 g/mol. The van der Waals surface area contributed by atoms with Crippen molar-refractivity contribution in [2.45, 2.75) is 45.1 Å². The van der Waals surface area contributed by atoms with Gasteiger partial charge in [-0.3, -0.25) is 0 Å². The second kappa shape index (κ2) is 8.03. The third-order valence-corrected chi connectivity index (χ3v) is 5.66. The standard InChI is InChI=1S/C23H27NO4S/c1-23(2,3)28-22(25)19-14-18(17-10-8-9-11-17)15-21(16-19)24(29(4,26)27)20-12-6-5-7-13-20/h5-8,10,12-17H,9,11H2,1-4H3. The molecule has 0 amide bonds. The maximum absolute atomic E-state index is 12.8. The molecule has 0 saturated heterocycles. The minimum absolute atomic E-state index is 0.147. The lowest BCUT2D eigenvalue weighted by molar-refractivity contribution is 0.00694. The highest BCUT2D eigenvalue weighted by Crippen LogP contribution is 2.35. The van der Waals surface area contributed by atoms with Gasteiger partial charge in [0.15, 0.2) is 0 Å². The van der Waals surface area contributed by atoms with Gasteiger partial charge in [0, 0.05) is 5.92 Å². The Labute approximate surface area is 173 Å². The molecular formula is C23H27NO4S. The number of para-hydroxylation sites is 1. The Morgan fingerprint density at radius 2 is 1.76 bits per heavy atom. The molecule has 6 heteroatoms. The largest absolute Gasteiger partial charge is 0.456 e. The van der Waals surface area contributed by atoms with Crippen LogP contribution in [-0.2, 0) is 14.8 Å². The van der Waals surface area contributed by atoms with Crippen molar-refractivity contribution in [3.05, 3.63) is 71.8 Å². The molecule has 1 unspecified atom stereocenters. The average molecular weight is 414 g/mol. The van der Waals surface area contributed by atoms with Crippen LogP contribution in [0.1, 0.15) is 55.5 Å². The second-order valence-electron chi connectivity index (χ2n) is 8.29. The van der Waals surface area contributed by atoms with E-state index in [0.717, 1.165) is 24.7 Å². The summed E-state index contributed by atoms with van der Waals surface area (Å²) < 4.78 is 32.2. The molecule has 0 saturated carbocycles. The summed E-state index contributed by atoms with van der Waals surface area (Å²) in [5, 5.41) is 0. The van der Waals surface area contributed by atoms with Gasteiger partial charge in [0.2, 0.25) is 10.0 Å². The summed E-state index contributed by atoms with van der Waals surface area (Å²) in [6.07, 6.45) is 7.27. The molecule has 2 aromatic rings. The zero-order valence-corrected chi connectivity index (χ0v) is 18.1. The molecule has 154 valence electrons. The predicted molar refractivity (Wildman–Crippen MR) is 116 cm³/mol. The molecule has 1 aliphatic carbocycles. The van der Waals surface area contributed by atoms with E-state index in [-0.39, 0.29) is 5.92 Å². The molecule has 1 atom stereocenters. The highest BCUT2D eigenvalue weighted by atomic mass is 32.2. The van der Waals surface area contributed by atoms with Crippen LogP contribution in [0.2, 0.25) is 0 Å². The fourth-order valence-electron chi connectivity index (χ4n) is 3.43. The molecule has 0 fully saturated rings. The van der Waals surface area contributed by atoms with Gasteiger partial charge in [0.05, 0.1) is 23.2 Å². The number of rotatable bonds is 5. The van der Waals surface area contributed by atoms with Crippen molar-refractivity contribution in [3.63, 3.8) is 0 Å². The highest BCUT2D eigenvalue weighted by Gasteiger charge is 2.25. The minimum Gasteiger partial charge on any atom is -0.456 e. The van der Waals surface area contributed by atoms with Crippen molar-refractivity contribution in [2.24, 2.45) is 0 Å². The first-order chi connectivity index (χ1) is 13.5. The number of carbonyl (C=O) groups is 1. The summed E-state index contributed by atoms with van der Waals surface area (Å²) in [6, 6.07) is 14.1. The van der Waals surface area contributed by atoms with Gasteiger partial charge >= 0.3 is 5.97 Å². The molecule has 1 aliphatic rings. The predicted octanol–water partition coefficient (Wildman–Crippen LogP) is 5.17. The quantitative estimate of drug-likeness (QED) is 0.501. The van der Waals surface area contributed by atoms with E-state index >= 15 is 0 Å². The first-order valence-corrected chi connectivity index (χ1v) is 11.5. The lowest BCUT2D eigenvalue weighted by Crippen LogP contribution is -2.26. The van der Waals surface area contributed by atoms with E-state index in [4.69, 9.17) is 4.74 Å². The van der Waals surface area contributed by atoms with Gasteiger partial charge in [-0.25, -0.2) is 17.5 Å². The van der Waals surface area contributed by atoms with Crippen LogP contribution in [0.15, 0.2) is 60.7 Å². The Balaban J connectivity index is 2.15. The highest BCUT2D eigenvalue weighted by molar-refractivity contribution is 7.92. The van der Waals surface area contributed by atoms with Gasteiger partial charge in [-0.1, -0.05) is 30.4 Å². The lowest BCUT2D eigenvalue weighted by atomic mass is 9.96. The number of anilines is 2. The molecule has 0 heterocycles. The third-order valence-electron chi connectivity index (χ3n) is 4.57. The van der Waals surface area contributed by atoms with Crippen LogP contribution in [0.25, 0.3) is 0 Å². The second-order valence-corrected chi connectivity index (χ2v) is 10.1. The number of ether oxygens (including phenoxy) is 1. The first-order valence-electron chi connectivity index (χ1n) is 9.65. The Morgan fingerprint density at radius 1 is 1.07 bits per heavy atom. The van der Waals surface area contributed by atoms with Gasteiger partial charge in [-0.2, -0.15) is 0 Å². The number of benzene rings is 2. The molecule has 0 aromatic heterocycles. The number of nitrogens with zero attached hydrogens (tertiary/aromatic N) is 1. The van der Waals surface area contributed by atoms with E-state index in [2.05, 4.69) is 12.2 Å².